The second-order valence-corrected chi connectivity index (χ2v) is 4.26. The first kappa shape index (κ1) is 12.6. The van der Waals surface area contributed by atoms with Crippen molar-refractivity contribution >= 4 is 18.4 Å². The highest BCUT2D eigenvalue weighted by Crippen LogP contribution is 2.43. The normalized spacial score (nSPS) is 37.9. The summed E-state index contributed by atoms with van der Waals surface area (Å²) in [7, 11) is 0. The number of aliphatic carboxylic acids is 1. The molecule has 0 aromatic carbocycles. The number of alkyl halides is 2. The van der Waals surface area contributed by atoms with Gasteiger partial charge < -0.3 is 10.4 Å². The number of carbonyl (C=O) groups is 1. The Morgan fingerprint density at radius 2 is 2.00 bits per heavy atom. The number of hydrogen-bond donors (Lipinski definition) is 2. The van der Waals surface area contributed by atoms with Crippen LogP contribution in [0.2, 0.25) is 0 Å². The van der Waals surface area contributed by atoms with Crippen LogP contribution < -0.4 is 5.32 Å². The molecule has 1 unspecified atom stereocenters. The number of halogens is 3. The van der Waals surface area contributed by atoms with E-state index in [1.807, 2.05) is 0 Å². The molecule has 3 nitrogen and oxygen atoms in total. The fourth-order valence-corrected chi connectivity index (χ4v) is 2.38. The summed E-state index contributed by atoms with van der Waals surface area (Å²) in [5.41, 5.74) is -1.09. The quantitative estimate of drug-likeness (QED) is 0.734. The zero-order chi connectivity index (χ0) is 10.4. The van der Waals surface area contributed by atoms with Gasteiger partial charge in [0.25, 0.3) is 5.92 Å². The molecule has 1 saturated carbocycles. The van der Waals surface area contributed by atoms with Crippen molar-refractivity contribution in [1.82, 2.24) is 5.32 Å². The van der Waals surface area contributed by atoms with Gasteiger partial charge in [-0.05, 0) is 19.3 Å². The predicted octanol–water partition coefficient (Wildman–Crippen LogP) is 1.66. The standard InChI is InChI=1S/C9H13F2NO2.ClH/c10-9(11)4-3-8(7(13)14)2-1-6(9)5-12-8;/h6,12H,1-5H2,(H,13,14);1H/t6-,8?;/m1./s1. The molecule has 6 heteroatoms. The predicted molar refractivity (Wildman–Crippen MR) is 52.5 cm³/mol. The van der Waals surface area contributed by atoms with E-state index in [-0.39, 0.29) is 31.8 Å². The van der Waals surface area contributed by atoms with Gasteiger partial charge in [-0.1, -0.05) is 0 Å². The first-order valence-corrected chi connectivity index (χ1v) is 4.83. The second kappa shape index (κ2) is 3.87. The van der Waals surface area contributed by atoms with E-state index in [4.69, 9.17) is 5.11 Å². The topological polar surface area (TPSA) is 49.3 Å². The lowest BCUT2D eigenvalue weighted by Crippen LogP contribution is -2.55. The molecule has 3 fully saturated rings. The Hall–Kier alpha value is -0.420. The molecule has 2 aliphatic heterocycles. The zero-order valence-electron chi connectivity index (χ0n) is 8.13. The number of fused-ring (bicyclic) bond motifs is 4. The van der Waals surface area contributed by atoms with Gasteiger partial charge in [-0.25, -0.2) is 8.78 Å². The van der Waals surface area contributed by atoms with Crippen molar-refractivity contribution in [2.24, 2.45) is 5.92 Å². The Kier molecular flexibility index (Phi) is 3.26. The Morgan fingerprint density at radius 3 is 2.47 bits per heavy atom. The van der Waals surface area contributed by atoms with E-state index in [0.29, 0.717) is 12.8 Å². The Bertz CT molecular complexity index is 265. The molecule has 0 spiro atoms. The molecular formula is C9H14ClF2NO2. The van der Waals surface area contributed by atoms with Crippen LogP contribution in [-0.2, 0) is 4.79 Å². The summed E-state index contributed by atoms with van der Waals surface area (Å²) in [6.07, 6.45) is 0.359. The highest BCUT2D eigenvalue weighted by Gasteiger charge is 2.53. The van der Waals surface area contributed by atoms with Gasteiger partial charge in [-0.15, -0.1) is 12.4 Å². The molecule has 88 valence electrons. The summed E-state index contributed by atoms with van der Waals surface area (Å²) >= 11 is 0. The molecule has 1 aliphatic carbocycles. The number of piperidine rings is 1. The van der Waals surface area contributed by atoms with Gasteiger partial charge in [0.1, 0.15) is 5.54 Å². The van der Waals surface area contributed by atoms with E-state index in [1.165, 1.54) is 0 Å². The van der Waals surface area contributed by atoms with Gasteiger partial charge in [-0.2, -0.15) is 0 Å². The summed E-state index contributed by atoms with van der Waals surface area (Å²) < 4.78 is 26.7. The molecule has 2 heterocycles. The number of carboxylic acids is 1. The van der Waals surface area contributed by atoms with Gasteiger partial charge >= 0.3 is 5.97 Å². The lowest BCUT2D eigenvalue weighted by atomic mass is 9.86. The number of rotatable bonds is 1. The summed E-state index contributed by atoms with van der Waals surface area (Å²) in [6.45, 7) is 0.124. The smallest absolute Gasteiger partial charge is 0.323 e. The Balaban J connectivity index is 0.00000112. The molecule has 0 aromatic rings. The lowest BCUT2D eigenvalue weighted by molar-refractivity contribution is -0.146. The highest BCUT2D eigenvalue weighted by atomic mass is 35.5. The third-order valence-corrected chi connectivity index (χ3v) is 3.50. The van der Waals surface area contributed by atoms with E-state index >= 15 is 0 Å². The van der Waals surface area contributed by atoms with Gasteiger partial charge in [-0.3, -0.25) is 4.79 Å². The average molecular weight is 242 g/mol. The monoisotopic (exact) mass is 241 g/mol. The van der Waals surface area contributed by atoms with Gasteiger partial charge in [0.05, 0.1) is 0 Å². The summed E-state index contributed by atoms with van der Waals surface area (Å²) in [5, 5.41) is 11.8. The van der Waals surface area contributed by atoms with Crippen LogP contribution in [0.1, 0.15) is 25.7 Å². The Morgan fingerprint density at radius 1 is 1.33 bits per heavy atom. The maximum absolute atomic E-state index is 13.4. The van der Waals surface area contributed by atoms with Gasteiger partial charge in [0.2, 0.25) is 0 Å². The van der Waals surface area contributed by atoms with Crippen molar-refractivity contribution in [3.63, 3.8) is 0 Å². The number of nitrogens with one attached hydrogen (secondary N) is 1. The minimum Gasteiger partial charge on any atom is -0.480 e. The highest BCUT2D eigenvalue weighted by molar-refractivity contribution is 5.85. The molecule has 3 aliphatic rings. The molecule has 0 aromatic heterocycles. The molecule has 0 radical (unpaired) electrons. The fraction of sp³-hybridized carbons (Fsp3) is 0.889. The van der Waals surface area contributed by atoms with Crippen LogP contribution in [-0.4, -0.2) is 29.1 Å². The third kappa shape index (κ3) is 1.95. The maximum Gasteiger partial charge on any atom is 0.323 e. The average Bonchev–Trinajstić information content (AvgIpc) is 2.34. The van der Waals surface area contributed by atoms with Gasteiger partial charge in [0, 0.05) is 18.9 Å². The Labute approximate surface area is 92.6 Å². The van der Waals surface area contributed by atoms with E-state index in [0.717, 1.165) is 0 Å². The van der Waals surface area contributed by atoms with Crippen molar-refractivity contribution in [1.29, 1.82) is 0 Å². The van der Waals surface area contributed by atoms with Crippen molar-refractivity contribution in [2.45, 2.75) is 37.1 Å². The second-order valence-electron chi connectivity index (χ2n) is 4.26. The molecule has 3 rings (SSSR count). The number of carboxylic acid groups (broad SMARTS) is 1. The first-order chi connectivity index (χ1) is 6.46. The summed E-state index contributed by atoms with van der Waals surface area (Å²) in [4.78, 5) is 11.0. The van der Waals surface area contributed by atoms with Crippen LogP contribution in [0.5, 0.6) is 0 Å². The van der Waals surface area contributed by atoms with Crippen molar-refractivity contribution in [2.75, 3.05) is 6.54 Å². The molecule has 15 heavy (non-hydrogen) atoms. The van der Waals surface area contributed by atoms with Crippen LogP contribution in [0.4, 0.5) is 8.78 Å². The largest absolute Gasteiger partial charge is 0.480 e. The summed E-state index contributed by atoms with van der Waals surface area (Å²) in [5.74, 6) is -4.37. The molecule has 0 amide bonds. The molecular weight excluding hydrogens is 228 g/mol. The molecule has 2 saturated heterocycles. The maximum atomic E-state index is 13.4. The van der Waals surface area contributed by atoms with E-state index in [9.17, 15) is 13.6 Å². The number of hydrogen-bond acceptors (Lipinski definition) is 2. The summed E-state index contributed by atoms with van der Waals surface area (Å²) in [6, 6.07) is 0. The fourth-order valence-electron chi connectivity index (χ4n) is 2.38. The molecule has 2 bridgehead atoms. The van der Waals surface area contributed by atoms with Crippen molar-refractivity contribution in [3.05, 3.63) is 0 Å². The van der Waals surface area contributed by atoms with Crippen molar-refractivity contribution in [3.8, 4) is 0 Å². The van der Waals surface area contributed by atoms with E-state index < -0.39 is 23.3 Å². The van der Waals surface area contributed by atoms with Crippen molar-refractivity contribution < 1.29 is 18.7 Å². The van der Waals surface area contributed by atoms with Crippen LogP contribution in [0.3, 0.4) is 0 Å². The van der Waals surface area contributed by atoms with Crippen LogP contribution in [0.15, 0.2) is 0 Å². The molecule has 2 atom stereocenters. The lowest BCUT2D eigenvalue weighted by Gasteiger charge is -2.34. The van der Waals surface area contributed by atoms with Crippen LogP contribution >= 0.6 is 12.4 Å². The first-order valence-electron chi connectivity index (χ1n) is 4.83. The minimum atomic E-state index is -2.69. The SMILES string of the molecule is Cl.O=C(O)C12CC[C@H](CN1)C(F)(F)CC2. The minimum absolute atomic E-state index is 0. The third-order valence-electron chi connectivity index (χ3n) is 3.50. The van der Waals surface area contributed by atoms with Crippen LogP contribution in [0, 0.1) is 5.92 Å². The molecule has 2 N–H and O–H groups in total. The zero-order valence-corrected chi connectivity index (χ0v) is 8.95. The van der Waals surface area contributed by atoms with Gasteiger partial charge in [0.15, 0.2) is 0 Å². The van der Waals surface area contributed by atoms with E-state index in [1.54, 1.807) is 0 Å². The van der Waals surface area contributed by atoms with E-state index in [2.05, 4.69) is 5.32 Å². The van der Waals surface area contributed by atoms with Crippen LogP contribution in [0.25, 0.3) is 0 Å².